The van der Waals surface area contributed by atoms with Crippen LogP contribution in [0, 0.1) is 5.92 Å². The molecule has 0 aromatic carbocycles. The van der Waals surface area contributed by atoms with E-state index in [1.807, 2.05) is 18.7 Å². The van der Waals surface area contributed by atoms with Crippen LogP contribution < -0.4 is 10.6 Å². The summed E-state index contributed by atoms with van der Waals surface area (Å²) < 4.78 is 2.09. The van der Waals surface area contributed by atoms with E-state index in [0.717, 1.165) is 44.5 Å². The van der Waals surface area contributed by atoms with Crippen LogP contribution in [0.1, 0.15) is 26.2 Å². The Balaban J connectivity index is 0.00000180. The van der Waals surface area contributed by atoms with Gasteiger partial charge in [-0.3, -0.25) is 4.99 Å². The van der Waals surface area contributed by atoms with Crippen molar-refractivity contribution in [2.45, 2.75) is 32.7 Å². The van der Waals surface area contributed by atoms with Crippen LogP contribution in [0.5, 0.6) is 0 Å². The van der Waals surface area contributed by atoms with E-state index < -0.39 is 0 Å². The molecule has 0 aliphatic heterocycles. The van der Waals surface area contributed by atoms with Gasteiger partial charge >= 0.3 is 0 Å². The summed E-state index contributed by atoms with van der Waals surface area (Å²) in [5.41, 5.74) is 0. The van der Waals surface area contributed by atoms with E-state index in [2.05, 4.69) is 32.1 Å². The van der Waals surface area contributed by atoms with E-state index in [1.54, 1.807) is 0 Å². The third kappa shape index (κ3) is 6.79. The topological polar surface area (TPSA) is 54.2 Å². The minimum atomic E-state index is 0. The molecule has 19 heavy (non-hydrogen) atoms. The third-order valence-electron chi connectivity index (χ3n) is 2.99. The largest absolute Gasteiger partial charge is 0.357 e. The average molecular weight is 377 g/mol. The van der Waals surface area contributed by atoms with E-state index in [-0.39, 0.29) is 24.0 Å². The molecule has 6 heteroatoms. The number of nitrogens with zero attached hydrogens (tertiary/aromatic N) is 3. The number of aliphatic imine (C=N–C) groups is 1. The Kier molecular flexibility index (Phi) is 7.85. The fraction of sp³-hybridized carbons (Fsp3) is 0.692. The third-order valence-corrected chi connectivity index (χ3v) is 2.99. The molecule has 5 nitrogen and oxygen atoms in total. The van der Waals surface area contributed by atoms with Crippen LogP contribution in [-0.4, -0.2) is 35.1 Å². The summed E-state index contributed by atoms with van der Waals surface area (Å²) in [5, 5.41) is 6.65. The van der Waals surface area contributed by atoms with Crippen molar-refractivity contribution in [3.05, 3.63) is 18.7 Å². The predicted octanol–water partition coefficient (Wildman–Crippen LogP) is 1.86. The molecule has 1 saturated carbocycles. The van der Waals surface area contributed by atoms with Crippen LogP contribution in [0.2, 0.25) is 0 Å². The molecular weight excluding hydrogens is 353 g/mol. The molecule has 0 unspecified atom stereocenters. The van der Waals surface area contributed by atoms with Crippen LogP contribution in [0.25, 0.3) is 0 Å². The molecule has 0 amide bonds. The summed E-state index contributed by atoms with van der Waals surface area (Å²) in [6, 6.07) is 0. The number of nitrogens with one attached hydrogen (secondary N) is 2. The minimum Gasteiger partial charge on any atom is -0.357 e. The summed E-state index contributed by atoms with van der Waals surface area (Å²) in [6.07, 6.45) is 9.44. The molecule has 0 radical (unpaired) electrons. The lowest BCUT2D eigenvalue weighted by Gasteiger charge is -2.11. The number of guanidine groups is 1. The van der Waals surface area contributed by atoms with Gasteiger partial charge in [0.25, 0.3) is 0 Å². The van der Waals surface area contributed by atoms with E-state index in [0.29, 0.717) is 0 Å². The maximum atomic E-state index is 4.59. The van der Waals surface area contributed by atoms with E-state index in [1.165, 1.54) is 12.8 Å². The first-order valence-electron chi connectivity index (χ1n) is 6.86. The zero-order valence-electron chi connectivity index (χ0n) is 11.5. The smallest absolute Gasteiger partial charge is 0.191 e. The van der Waals surface area contributed by atoms with Crippen LogP contribution in [0.3, 0.4) is 0 Å². The molecule has 108 valence electrons. The molecule has 1 aliphatic carbocycles. The molecule has 1 fully saturated rings. The lowest BCUT2D eigenvalue weighted by atomic mass is 10.4. The zero-order chi connectivity index (χ0) is 12.6. The highest BCUT2D eigenvalue weighted by atomic mass is 127. The average Bonchev–Trinajstić information content (AvgIpc) is 3.06. The minimum absolute atomic E-state index is 0. The lowest BCUT2D eigenvalue weighted by Crippen LogP contribution is -2.38. The highest BCUT2D eigenvalue weighted by Crippen LogP contribution is 2.28. The predicted molar refractivity (Wildman–Crippen MR) is 89.0 cm³/mol. The van der Waals surface area contributed by atoms with Gasteiger partial charge in [-0.25, -0.2) is 4.98 Å². The molecule has 0 bridgehead atoms. The molecule has 0 saturated heterocycles. The molecule has 1 aliphatic rings. The quantitative estimate of drug-likeness (QED) is 0.330. The SMILES string of the molecule is CCNC(=NCC1CC1)NCCCn1ccnc1.I. The Hall–Kier alpha value is -0.790. The molecule has 1 aromatic heterocycles. The summed E-state index contributed by atoms with van der Waals surface area (Å²) in [7, 11) is 0. The maximum Gasteiger partial charge on any atom is 0.191 e. The fourth-order valence-corrected chi connectivity index (χ4v) is 1.75. The van der Waals surface area contributed by atoms with Crippen molar-refractivity contribution in [3.8, 4) is 0 Å². The molecule has 0 atom stereocenters. The van der Waals surface area contributed by atoms with Crippen LogP contribution in [0.15, 0.2) is 23.7 Å². The Labute approximate surface area is 132 Å². The van der Waals surface area contributed by atoms with Crippen molar-refractivity contribution in [2.24, 2.45) is 10.9 Å². The van der Waals surface area contributed by atoms with Crippen molar-refractivity contribution >= 4 is 29.9 Å². The van der Waals surface area contributed by atoms with Gasteiger partial charge in [-0.05, 0) is 32.1 Å². The van der Waals surface area contributed by atoms with Crippen molar-refractivity contribution < 1.29 is 0 Å². The Morgan fingerprint density at radius 1 is 1.42 bits per heavy atom. The van der Waals surface area contributed by atoms with E-state index in [9.17, 15) is 0 Å². The first-order chi connectivity index (χ1) is 8.88. The molecule has 0 spiro atoms. The first-order valence-corrected chi connectivity index (χ1v) is 6.86. The van der Waals surface area contributed by atoms with Crippen molar-refractivity contribution in [1.82, 2.24) is 20.2 Å². The van der Waals surface area contributed by atoms with Crippen LogP contribution >= 0.6 is 24.0 Å². The lowest BCUT2D eigenvalue weighted by molar-refractivity contribution is 0.624. The highest BCUT2D eigenvalue weighted by molar-refractivity contribution is 14.0. The second kappa shape index (κ2) is 9.17. The second-order valence-electron chi connectivity index (χ2n) is 4.74. The summed E-state index contributed by atoms with van der Waals surface area (Å²) in [5.74, 6) is 1.79. The number of aromatic nitrogens is 2. The van der Waals surface area contributed by atoms with Gasteiger partial charge in [0, 0.05) is 38.6 Å². The maximum absolute atomic E-state index is 4.59. The normalized spacial score (nSPS) is 14.9. The van der Waals surface area contributed by atoms with Gasteiger partial charge in [-0.2, -0.15) is 0 Å². The van der Waals surface area contributed by atoms with Gasteiger partial charge in [-0.15, -0.1) is 24.0 Å². The summed E-state index contributed by atoms with van der Waals surface area (Å²) >= 11 is 0. The number of rotatable bonds is 7. The van der Waals surface area contributed by atoms with Crippen LogP contribution in [0.4, 0.5) is 0 Å². The van der Waals surface area contributed by atoms with Gasteiger partial charge < -0.3 is 15.2 Å². The number of imidazole rings is 1. The van der Waals surface area contributed by atoms with Crippen LogP contribution in [-0.2, 0) is 6.54 Å². The number of halogens is 1. The molecule has 1 heterocycles. The van der Waals surface area contributed by atoms with Gasteiger partial charge in [0.2, 0.25) is 0 Å². The van der Waals surface area contributed by atoms with Gasteiger partial charge in [0.1, 0.15) is 0 Å². The Morgan fingerprint density at radius 3 is 2.89 bits per heavy atom. The summed E-state index contributed by atoms with van der Waals surface area (Å²) in [4.78, 5) is 8.61. The Morgan fingerprint density at radius 2 is 2.26 bits per heavy atom. The van der Waals surface area contributed by atoms with Crippen molar-refractivity contribution in [3.63, 3.8) is 0 Å². The Bertz CT molecular complexity index is 359. The molecule has 2 N–H and O–H groups in total. The number of hydrogen-bond acceptors (Lipinski definition) is 2. The highest BCUT2D eigenvalue weighted by Gasteiger charge is 2.20. The zero-order valence-corrected chi connectivity index (χ0v) is 13.8. The standard InChI is InChI=1S/C13H23N5.HI/c1-2-15-13(17-10-12-4-5-12)16-6-3-8-18-9-7-14-11-18;/h7,9,11-12H,2-6,8,10H2,1H3,(H2,15,16,17);1H. The molecular formula is C13H24IN5. The van der Waals surface area contributed by atoms with Gasteiger partial charge in [0.05, 0.1) is 6.33 Å². The molecule has 1 aromatic rings. The molecule has 2 rings (SSSR count). The first kappa shape index (κ1) is 16.3. The van der Waals surface area contributed by atoms with E-state index >= 15 is 0 Å². The van der Waals surface area contributed by atoms with Gasteiger partial charge in [-0.1, -0.05) is 0 Å². The summed E-state index contributed by atoms with van der Waals surface area (Å²) in [6.45, 7) is 5.92. The van der Waals surface area contributed by atoms with Crippen molar-refractivity contribution in [1.29, 1.82) is 0 Å². The number of hydrogen-bond donors (Lipinski definition) is 2. The number of aryl methyl sites for hydroxylation is 1. The van der Waals surface area contributed by atoms with Crippen molar-refractivity contribution in [2.75, 3.05) is 19.6 Å². The van der Waals surface area contributed by atoms with Gasteiger partial charge in [0.15, 0.2) is 5.96 Å². The van der Waals surface area contributed by atoms with E-state index in [4.69, 9.17) is 0 Å². The monoisotopic (exact) mass is 377 g/mol. The fourth-order valence-electron chi connectivity index (χ4n) is 1.75. The second-order valence-corrected chi connectivity index (χ2v) is 4.74.